The van der Waals surface area contributed by atoms with E-state index >= 15 is 0 Å². The second-order valence-electron chi connectivity index (χ2n) is 4.60. The quantitative estimate of drug-likeness (QED) is 0.834. The summed E-state index contributed by atoms with van der Waals surface area (Å²) in [6.07, 6.45) is 1.21. The maximum Gasteiger partial charge on any atom is 0.148 e. The number of halogens is 1. The zero-order valence-electron chi connectivity index (χ0n) is 11.1. The number of sulfone groups is 1. The van der Waals surface area contributed by atoms with Gasteiger partial charge in [-0.05, 0) is 29.1 Å². The van der Waals surface area contributed by atoms with Crippen LogP contribution in [0.4, 0.5) is 4.39 Å². The number of nitrogens with one attached hydrogen (secondary N) is 1. The predicted octanol–water partition coefficient (Wildman–Crippen LogP) is 2.69. The van der Waals surface area contributed by atoms with Crippen LogP contribution in [0.25, 0.3) is 10.4 Å². The summed E-state index contributed by atoms with van der Waals surface area (Å²) in [5.74, 6) is -0.140. The zero-order valence-corrected chi connectivity index (χ0v) is 12.7. The van der Waals surface area contributed by atoms with Crippen LogP contribution in [0.3, 0.4) is 0 Å². The lowest BCUT2D eigenvalue weighted by atomic mass is 10.1. The molecule has 2 aromatic rings. The monoisotopic (exact) mass is 313 g/mol. The summed E-state index contributed by atoms with van der Waals surface area (Å²) in [6, 6.07) is 8.72. The van der Waals surface area contributed by atoms with Gasteiger partial charge in [-0.2, -0.15) is 0 Å². The van der Waals surface area contributed by atoms with Crippen molar-refractivity contribution in [1.29, 1.82) is 0 Å². The van der Waals surface area contributed by atoms with E-state index in [-0.39, 0.29) is 11.6 Å². The molecule has 0 saturated heterocycles. The summed E-state index contributed by atoms with van der Waals surface area (Å²) in [4.78, 5) is 0.889. The first-order chi connectivity index (χ1) is 9.46. The Morgan fingerprint density at radius 2 is 2.10 bits per heavy atom. The molecule has 20 heavy (non-hydrogen) atoms. The molecule has 3 nitrogen and oxygen atoms in total. The maximum atomic E-state index is 13.8. The highest BCUT2D eigenvalue weighted by Gasteiger charge is 2.07. The first-order valence-corrected chi connectivity index (χ1v) is 9.10. The maximum absolute atomic E-state index is 13.8. The third-order valence-electron chi connectivity index (χ3n) is 2.80. The molecular weight excluding hydrogens is 297 g/mol. The largest absolute Gasteiger partial charge is 0.312 e. The smallest absolute Gasteiger partial charge is 0.148 e. The molecule has 1 aromatic heterocycles. The van der Waals surface area contributed by atoms with Crippen molar-refractivity contribution in [3.63, 3.8) is 0 Å². The minimum absolute atomic E-state index is 0.103. The molecule has 0 bridgehead atoms. The van der Waals surface area contributed by atoms with E-state index in [1.807, 2.05) is 17.5 Å². The van der Waals surface area contributed by atoms with Gasteiger partial charge in [-0.15, -0.1) is 11.3 Å². The normalized spacial score (nSPS) is 11.7. The van der Waals surface area contributed by atoms with Crippen LogP contribution in [0.1, 0.15) is 5.56 Å². The van der Waals surface area contributed by atoms with Crippen LogP contribution in [-0.2, 0) is 16.4 Å². The third-order valence-corrected chi connectivity index (χ3v) is 4.65. The van der Waals surface area contributed by atoms with Gasteiger partial charge in [0.05, 0.1) is 5.75 Å². The zero-order chi connectivity index (χ0) is 14.6. The minimum atomic E-state index is -2.95. The predicted molar refractivity (Wildman–Crippen MR) is 81.1 cm³/mol. The number of benzene rings is 1. The van der Waals surface area contributed by atoms with Gasteiger partial charge in [0.1, 0.15) is 15.7 Å². The van der Waals surface area contributed by atoms with E-state index in [2.05, 4.69) is 5.32 Å². The minimum Gasteiger partial charge on any atom is -0.312 e. The van der Waals surface area contributed by atoms with Crippen molar-refractivity contribution >= 4 is 21.2 Å². The van der Waals surface area contributed by atoms with Crippen molar-refractivity contribution in [2.24, 2.45) is 0 Å². The summed E-state index contributed by atoms with van der Waals surface area (Å²) < 4.78 is 35.8. The van der Waals surface area contributed by atoms with Gasteiger partial charge in [0.2, 0.25) is 0 Å². The highest BCUT2D eigenvalue weighted by molar-refractivity contribution is 7.90. The fourth-order valence-electron chi connectivity index (χ4n) is 1.79. The number of hydrogen-bond acceptors (Lipinski definition) is 4. The Kier molecular flexibility index (Phi) is 4.91. The molecule has 0 unspecified atom stereocenters. The van der Waals surface area contributed by atoms with Crippen molar-refractivity contribution in [2.45, 2.75) is 6.54 Å². The molecule has 1 N–H and O–H groups in total. The van der Waals surface area contributed by atoms with Crippen LogP contribution >= 0.6 is 11.3 Å². The first-order valence-electron chi connectivity index (χ1n) is 6.16. The average molecular weight is 313 g/mol. The van der Waals surface area contributed by atoms with E-state index < -0.39 is 9.84 Å². The fraction of sp³-hybridized carbons (Fsp3) is 0.286. The van der Waals surface area contributed by atoms with E-state index in [0.29, 0.717) is 18.7 Å². The van der Waals surface area contributed by atoms with E-state index in [4.69, 9.17) is 0 Å². The highest BCUT2D eigenvalue weighted by Crippen LogP contribution is 2.28. The summed E-state index contributed by atoms with van der Waals surface area (Å²) in [5.41, 5.74) is 1.52. The SMILES string of the molecule is CS(=O)(=O)CCNCc1ccc(F)c(-c2cccs2)c1. The molecule has 0 aliphatic rings. The number of rotatable bonds is 6. The van der Waals surface area contributed by atoms with E-state index in [1.165, 1.54) is 23.7 Å². The van der Waals surface area contributed by atoms with Gasteiger partial charge in [-0.3, -0.25) is 0 Å². The fourth-order valence-corrected chi connectivity index (χ4v) is 3.05. The Morgan fingerprint density at radius 3 is 2.75 bits per heavy atom. The molecule has 0 amide bonds. The summed E-state index contributed by atoms with van der Waals surface area (Å²) >= 11 is 1.49. The molecule has 0 saturated carbocycles. The Balaban J connectivity index is 2.01. The van der Waals surface area contributed by atoms with Crippen LogP contribution in [0.5, 0.6) is 0 Å². The van der Waals surface area contributed by atoms with Gasteiger partial charge in [-0.25, -0.2) is 12.8 Å². The van der Waals surface area contributed by atoms with Crippen LogP contribution in [0.15, 0.2) is 35.7 Å². The lowest BCUT2D eigenvalue weighted by Gasteiger charge is -2.07. The molecule has 6 heteroatoms. The lowest BCUT2D eigenvalue weighted by Crippen LogP contribution is -2.21. The van der Waals surface area contributed by atoms with Crippen molar-refractivity contribution in [2.75, 3.05) is 18.6 Å². The molecule has 0 radical (unpaired) electrons. The molecule has 1 heterocycles. The Bertz CT molecular complexity index is 666. The summed E-state index contributed by atoms with van der Waals surface area (Å²) in [5, 5.41) is 4.96. The van der Waals surface area contributed by atoms with E-state index in [1.54, 1.807) is 12.1 Å². The molecule has 0 fully saturated rings. The molecule has 0 spiro atoms. The van der Waals surface area contributed by atoms with Crippen LogP contribution < -0.4 is 5.32 Å². The lowest BCUT2D eigenvalue weighted by molar-refractivity contribution is 0.596. The van der Waals surface area contributed by atoms with E-state index in [9.17, 15) is 12.8 Å². The topological polar surface area (TPSA) is 46.2 Å². The van der Waals surface area contributed by atoms with Crippen molar-refractivity contribution in [3.8, 4) is 10.4 Å². The van der Waals surface area contributed by atoms with Crippen LogP contribution in [0, 0.1) is 5.82 Å². The van der Waals surface area contributed by atoms with Crippen LogP contribution in [-0.4, -0.2) is 27.0 Å². The van der Waals surface area contributed by atoms with Gasteiger partial charge in [0, 0.05) is 29.8 Å². The molecule has 108 valence electrons. The molecule has 0 atom stereocenters. The van der Waals surface area contributed by atoms with Gasteiger partial charge in [0.25, 0.3) is 0 Å². The van der Waals surface area contributed by atoms with Gasteiger partial charge >= 0.3 is 0 Å². The van der Waals surface area contributed by atoms with Gasteiger partial charge < -0.3 is 5.32 Å². The summed E-state index contributed by atoms with van der Waals surface area (Å²) in [7, 11) is -2.95. The van der Waals surface area contributed by atoms with Crippen molar-refractivity contribution < 1.29 is 12.8 Å². The standard InChI is InChI=1S/C14H16FNO2S2/c1-20(17,18)8-6-16-10-11-4-5-13(15)12(9-11)14-3-2-7-19-14/h2-5,7,9,16H,6,8,10H2,1H3. The Labute approximate surface area is 122 Å². The second-order valence-corrected chi connectivity index (χ2v) is 7.81. The first kappa shape index (κ1) is 15.2. The number of thiophene rings is 1. The van der Waals surface area contributed by atoms with Crippen molar-refractivity contribution in [1.82, 2.24) is 5.32 Å². The average Bonchev–Trinajstić information content (AvgIpc) is 2.89. The van der Waals surface area contributed by atoms with E-state index in [0.717, 1.165) is 10.4 Å². The van der Waals surface area contributed by atoms with Crippen LogP contribution in [0.2, 0.25) is 0 Å². The van der Waals surface area contributed by atoms with Gasteiger partial charge in [0.15, 0.2) is 0 Å². The second kappa shape index (κ2) is 6.47. The molecule has 0 aliphatic heterocycles. The summed E-state index contributed by atoms with van der Waals surface area (Å²) in [6.45, 7) is 0.915. The Morgan fingerprint density at radius 1 is 1.30 bits per heavy atom. The Hall–Kier alpha value is -1.24. The molecule has 0 aliphatic carbocycles. The number of hydrogen-bond donors (Lipinski definition) is 1. The molecule has 2 rings (SSSR count). The third kappa shape index (κ3) is 4.40. The molecule has 1 aromatic carbocycles. The van der Waals surface area contributed by atoms with Gasteiger partial charge in [-0.1, -0.05) is 12.1 Å². The van der Waals surface area contributed by atoms with Crippen molar-refractivity contribution in [3.05, 3.63) is 47.1 Å². The molecular formula is C14H16FNO2S2. The highest BCUT2D eigenvalue weighted by atomic mass is 32.2.